The average molecular weight is 447 g/mol. The summed E-state index contributed by atoms with van der Waals surface area (Å²) in [5.74, 6) is 0.0911. The number of benzene rings is 3. The minimum Gasteiger partial charge on any atom is -0.487 e. The van der Waals surface area contributed by atoms with Crippen LogP contribution in [0.4, 0.5) is 19.3 Å². The van der Waals surface area contributed by atoms with Crippen LogP contribution in [-0.4, -0.2) is 23.2 Å². The van der Waals surface area contributed by atoms with Crippen LogP contribution in [0.2, 0.25) is 0 Å². The van der Waals surface area contributed by atoms with Gasteiger partial charge in [-0.1, -0.05) is 24.3 Å². The van der Waals surface area contributed by atoms with E-state index in [1.165, 1.54) is 29.3 Å². The summed E-state index contributed by atoms with van der Waals surface area (Å²) in [5.41, 5.74) is 7.23. The molecule has 2 aliphatic heterocycles. The van der Waals surface area contributed by atoms with Gasteiger partial charge in [-0.3, -0.25) is 5.43 Å². The predicted octanol–water partition coefficient (Wildman–Crippen LogP) is 5.60. The minimum absolute atomic E-state index is 0.227. The molecule has 2 N–H and O–H groups in total. The Labute approximate surface area is 190 Å². The number of rotatable bonds is 3. The summed E-state index contributed by atoms with van der Waals surface area (Å²) in [6.45, 7) is 4.27. The summed E-state index contributed by atoms with van der Waals surface area (Å²) in [6, 6.07) is 17.4. The molecule has 2 amide bonds. The highest BCUT2D eigenvalue weighted by molar-refractivity contribution is 5.98. The van der Waals surface area contributed by atoms with Crippen LogP contribution in [0.25, 0.3) is 11.3 Å². The second kappa shape index (κ2) is 7.92. The van der Waals surface area contributed by atoms with Gasteiger partial charge in [0.15, 0.2) is 0 Å². The Bertz CT molecular complexity index is 1270. The number of carbonyl (C=O) groups is 1. The Morgan fingerprint density at radius 2 is 1.79 bits per heavy atom. The molecule has 5 rings (SSSR count). The maximum Gasteiger partial charge on any atom is 0.340 e. The number of anilines is 1. The molecule has 0 saturated heterocycles. The molecule has 2 aliphatic rings. The third-order valence-electron chi connectivity index (χ3n) is 5.73. The fourth-order valence-electron chi connectivity index (χ4n) is 4.25. The number of fused-ring (bicyclic) bond motifs is 1. The highest BCUT2D eigenvalue weighted by Gasteiger charge is 2.31. The second-order valence-electron chi connectivity index (χ2n) is 8.86. The lowest BCUT2D eigenvalue weighted by atomic mass is 10.0. The van der Waals surface area contributed by atoms with E-state index in [4.69, 9.17) is 4.74 Å². The molecule has 168 valence electrons. The Morgan fingerprint density at radius 1 is 1.00 bits per heavy atom. The fraction of sp³-hybridized carbons (Fsp3) is 0.192. The summed E-state index contributed by atoms with van der Waals surface area (Å²) >= 11 is 0. The quantitative estimate of drug-likeness (QED) is 0.550. The summed E-state index contributed by atoms with van der Waals surface area (Å²) in [6.07, 6.45) is 0.758. The molecular formula is C26H23F2N3O2. The largest absolute Gasteiger partial charge is 0.487 e. The van der Waals surface area contributed by atoms with E-state index in [1.807, 2.05) is 26.0 Å². The molecule has 0 fully saturated rings. The SMILES string of the molecule is CC1(C)Cc2cc(NC(=O)N3CC(c4ccc(F)cc4)=C(c4cccc(F)c4)N3)ccc2O1. The number of ether oxygens (including phenoxy) is 1. The van der Waals surface area contributed by atoms with Gasteiger partial charge in [-0.2, -0.15) is 0 Å². The molecule has 3 aromatic carbocycles. The van der Waals surface area contributed by atoms with Crippen LogP contribution >= 0.6 is 0 Å². The van der Waals surface area contributed by atoms with Gasteiger partial charge in [0.2, 0.25) is 0 Å². The molecule has 0 radical (unpaired) electrons. The maximum absolute atomic E-state index is 13.9. The summed E-state index contributed by atoms with van der Waals surface area (Å²) < 4.78 is 33.3. The van der Waals surface area contributed by atoms with E-state index in [9.17, 15) is 13.6 Å². The Morgan fingerprint density at radius 3 is 2.55 bits per heavy atom. The van der Waals surface area contributed by atoms with Gasteiger partial charge in [-0.25, -0.2) is 18.6 Å². The number of hydrogen-bond donors (Lipinski definition) is 2. The number of hydrazine groups is 1. The van der Waals surface area contributed by atoms with Crippen molar-refractivity contribution >= 4 is 23.0 Å². The van der Waals surface area contributed by atoms with E-state index < -0.39 is 0 Å². The zero-order valence-electron chi connectivity index (χ0n) is 18.3. The molecule has 0 aliphatic carbocycles. The van der Waals surface area contributed by atoms with Gasteiger partial charge in [-0.15, -0.1) is 0 Å². The molecule has 0 bridgehead atoms. The second-order valence-corrected chi connectivity index (χ2v) is 8.86. The van der Waals surface area contributed by atoms with Gasteiger partial charge in [0.25, 0.3) is 0 Å². The molecular weight excluding hydrogens is 424 g/mol. The number of urea groups is 1. The third kappa shape index (κ3) is 4.26. The molecule has 0 unspecified atom stereocenters. The van der Waals surface area contributed by atoms with Crippen LogP contribution in [-0.2, 0) is 6.42 Å². The van der Waals surface area contributed by atoms with E-state index in [2.05, 4.69) is 10.7 Å². The molecule has 5 nitrogen and oxygen atoms in total. The first-order valence-electron chi connectivity index (χ1n) is 10.7. The molecule has 0 spiro atoms. The fourth-order valence-corrected chi connectivity index (χ4v) is 4.25. The standard InChI is InChI=1S/C26H23F2N3O2/c1-26(2)14-18-13-21(10-11-23(18)33-26)29-25(32)31-15-22(16-6-8-19(27)9-7-16)24(30-31)17-4-3-5-20(28)12-17/h3-13,30H,14-15H2,1-2H3,(H,29,32). The first-order valence-corrected chi connectivity index (χ1v) is 10.7. The smallest absolute Gasteiger partial charge is 0.340 e. The van der Waals surface area contributed by atoms with Crippen LogP contribution in [0, 0.1) is 11.6 Å². The number of halogens is 2. The van der Waals surface area contributed by atoms with Gasteiger partial charge in [0.05, 0.1) is 12.2 Å². The van der Waals surface area contributed by atoms with Crippen molar-refractivity contribution in [1.82, 2.24) is 10.4 Å². The topological polar surface area (TPSA) is 53.6 Å². The van der Waals surface area contributed by atoms with Crippen molar-refractivity contribution in [3.8, 4) is 5.75 Å². The Hall–Kier alpha value is -3.87. The monoisotopic (exact) mass is 447 g/mol. The summed E-state index contributed by atoms with van der Waals surface area (Å²) in [4.78, 5) is 13.1. The lowest BCUT2D eigenvalue weighted by Gasteiger charge is -2.19. The van der Waals surface area contributed by atoms with Crippen molar-refractivity contribution in [2.45, 2.75) is 25.9 Å². The van der Waals surface area contributed by atoms with Crippen LogP contribution in [0.1, 0.15) is 30.5 Å². The molecule has 0 aromatic heterocycles. The summed E-state index contributed by atoms with van der Waals surface area (Å²) in [7, 11) is 0. The Kier molecular flexibility index (Phi) is 5.04. The third-order valence-corrected chi connectivity index (χ3v) is 5.73. The van der Waals surface area contributed by atoms with Crippen LogP contribution in [0.15, 0.2) is 66.7 Å². The van der Waals surface area contributed by atoms with Crippen LogP contribution in [0.5, 0.6) is 5.75 Å². The average Bonchev–Trinajstić information content (AvgIpc) is 3.34. The number of nitrogens with zero attached hydrogens (tertiary/aromatic N) is 1. The lowest BCUT2D eigenvalue weighted by Crippen LogP contribution is -2.40. The molecule has 33 heavy (non-hydrogen) atoms. The van der Waals surface area contributed by atoms with Gasteiger partial charge < -0.3 is 10.1 Å². The zero-order valence-corrected chi connectivity index (χ0v) is 18.3. The molecule has 7 heteroatoms. The lowest BCUT2D eigenvalue weighted by molar-refractivity contribution is 0.138. The van der Waals surface area contributed by atoms with E-state index in [-0.39, 0.29) is 29.8 Å². The number of amides is 2. The van der Waals surface area contributed by atoms with Gasteiger partial charge in [-0.05, 0) is 61.9 Å². The highest BCUT2D eigenvalue weighted by Crippen LogP contribution is 2.36. The normalized spacial score (nSPS) is 16.3. The molecule has 2 heterocycles. The van der Waals surface area contributed by atoms with Crippen LogP contribution in [0.3, 0.4) is 0 Å². The number of hydrogen-bond acceptors (Lipinski definition) is 3. The number of nitrogens with one attached hydrogen (secondary N) is 2. The van der Waals surface area contributed by atoms with Gasteiger partial charge >= 0.3 is 6.03 Å². The van der Waals surface area contributed by atoms with Crippen molar-refractivity contribution in [3.05, 3.63) is 95.1 Å². The predicted molar refractivity (Wildman–Crippen MR) is 123 cm³/mol. The highest BCUT2D eigenvalue weighted by atomic mass is 19.1. The Balaban J connectivity index is 1.39. The van der Waals surface area contributed by atoms with Crippen molar-refractivity contribution in [1.29, 1.82) is 0 Å². The number of carbonyl (C=O) groups excluding carboxylic acids is 1. The van der Waals surface area contributed by atoms with Gasteiger partial charge in [0, 0.05) is 28.8 Å². The molecule has 0 saturated carbocycles. The first-order chi connectivity index (χ1) is 15.8. The van der Waals surface area contributed by atoms with E-state index in [0.717, 1.165) is 28.9 Å². The van der Waals surface area contributed by atoms with Crippen molar-refractivity contribution in [2.75, 3.05) is 11.9 Å². The van der Waals surface area contributed by atoms with E-state index in [1.54, 1.807) is 30.3 Å². The van der Waals surface area contributed by atoms with Gasteiger partial charge in [0.1, 0.15) is 23.0 Å². The van der Waals surface area contributed by atoms with E-state index in [0.29, 0.717) is 16.9 Å². The van der Waals surface area contributed by atoms with Crippen molar-refractivity contribution < 1.29 is 18.3 Å². The van der Waals surface area contributed by atoms with E-state index >= 15 is 0 Å². The molecule has 0 atom stereocenters. The first kappa shape index (κ1) is 21.0. The summed E-state index contributed by atoms with van der Waals surface area (Å²) in [5, 5.41) is 4.34. The minimum atomic E-state index is -0.383. The van der Waals surface area contributed by atoms with Crippen molar-refractivity contribution in [2.24, 2.45) is 0 Å². The van der Waals surface area contributed by atoms with Crippen LogP contribution < -0.4 is 15.5 Å². The zero-order chi connectivity index (χ0) is 23.2. The molecule has 3 aromatic rings. The maximum atomic E-state index is 13.9. The van der Waals surface area contributed by atoms with Crippen molar-refractivity contribution in [3.63, 3.8) is 0 Å².